The maximum Gasteiger partial charge on any atom is 0.369 e. The molecule has 4 aromatic rings. The lowest BCUT2D eigenvalue weighted by molar-refractivity contribution is 0.475. The lowest BCUT2D eigenvalue weighted by Gasteiger charge is -2.36. The van der Waals surface area contributed by atoms with Crippen molar-refractivity contribution >= 4 is 88.9 Å². The molecule has 296 valence electrons. The van der Waals surface area contributed by atoms with Crippen molar-refractivity contribution in [1.82, 2.24) is 19.6 Å². The van der Waals surface area contributed by atoms with Crippen molar-refractivity contribution in [2.75, 3.05) is 11.5 Å². The molecule has 0 saturated heterocycles. The van der Waals surface area contributed by atoms with Gasteiger partial charge in [0, 0.05) is 23.0 Å². The molecule has 0 aliphatic rings. The number of aromatic nitrogens is 4. The molecule has 0 aliphatic carbocycles. The summed E-state index contributed by atoms with van der Waals surface area (Å²) in [6, 6.07) is 18.7. The summed E-state index contributed by atoms with van der Waals surface area (Å²) in [6.45, 7) is 34.9. The predicted octanol–water partition coefficient (Wildman–Crippen LogP) is 13.0. The Balaban J connectivity index is 0.000000418. The third kappa shape index (κ3) is 16.1. The van der Waals surface area contributed by atoms with Gasteiger partial charge in [-0.1, -0.05) is 96.2 Å². The number of nitrogens with zero attached hydrogens (tertiary/aromatic N) is 4. The summed E-state index contributed by atoms with van der Waals surface area (Å²) in [5.41, 5.74) is 15.8. The molecule has 0 bridgehead atoms. The van der Waals surface area contributed by atoms with Gasteiger partial charge >= 0.3 is 3.18 Å². The number of benzene rings is 2. The van der Waals surface area contributed by atoms with E-state index in [0.29, 0.717) is 16.7 Å². The van der Waals surface area contributed by atoms with Crippen LogP contribution in [0.1, 0.15) is 94.5 Å². The molecule has 5 N–H and O–H groups in total. The molecule has 2 heterocycles. The van der Waals surface area contributed by atoms with Crippen LogP contribution in [0.25, 0.3) is 11.4 Å². The molecule has 0 spiro atoms. The number of nitrogen functional groups attached to an aromatic ring is 2. The number of nitrogens with two attached hydrogens (primary N) is 2. The number of phenolic OH excluding ortho intramolecular Hbond substituents is 1. The summed E-state index contributed by atoms with van der Waals surface area (Å²) in [7, 11) is -3.21. The second kappa shape index (κ2) is 19.0. The van der Waals surface area contributed by atoms with Gasteiger partial charge in [-0.2, -0.15) is 21.3 Å². The first-order valence-electron chi connectivity index (χ1n) is 17.6. The fourth-order valence-electron chi connectivity index (χ4n) is 3.63. The van der Waals surface area contributed by atoms with Gasteiger partial charge in [0.15, 0.2) is 7.38 Å². The van der Waals surface area contributed by atoms with E-state index in [0.717, 1.165) is 28.5 Å². The summed E-state index contributed by atoms with van der Waals surface area (Å²) in [6.07, 6.45) is 0. The monoisotopic (exact) mass is 974 g/mol. The first kappa shape index (κ1) is 49.3. The first-order chi connectivity index (χ1) is 23.7. The largest absolute Gasteiger partial charge is 0.544 e. The Kier molecular flexibility index (Phi) is 17.6. The van der Waals surface area contributed by atoms with Crippen LogP contribution in [0.3, 0.4) is 0 Å². The van der Waals surface area contributed by atoms with Crippen LogP contribution in [0.4, 0.5) is 11.6 Å². The molecule has 4 rings (SSSR count). The summed E-state index contributed by atoms with van der Waals surface area (Å²) < 4.78 is 10.1. The molecule has 0 unspecified atom stereocenters. The third-order valence-corrected chi connectivity index (χ3v) is 18.8. The van der Waals surface area contributed by atoms with Gasteiger partial charge in [-0.3, -0.25) is 0 Å². The van der Waals surface area contributed by atoms with Crippen LogP contribution in [0, 0.1) is 0 Å². The van der Waals surface area contributed by atoms with E-state index in [4.69, 9.17) is 27.0 Å². The second-order valence-corrected chi connectivity index (χ2v) is 36.5. The first-order valence-corrected chi connectivity index (χ1v) is 27.3. The van der Waals surface area contributed by atoms with Gasteiger partial charge in [0.25, 0.3) is 0 Å². The highest BCUT2D eigenvalue weighted by atomic mass is 79.9. The smallest absolute Gasteiger partial charge is 0.369 e. The normalized spacial score (nSPS) is 12.4. The minimum Gasteiger partial charge on any atom is -0.544 e. The average molecular weight is 978 g/mol. The van der Waals surface area contributed by atoms with Crippen molar-refractivity contribution in [2.24, 2.45) is 0 Å². The molecular weight excluding hydrogens is 915 g/mol. The van der Waals surface area contributed by atoms with Gasteiger partial charge in [-0.25, -0.2) is 9.36 Å². The Morgan fingerprint density at radius 3 is 1.19 bits per heavy atom. The average Bonchev–Trinajstić information content (AvgIpc) is 3.55. The van der Waals surface area contributed by atoms with E-state index in [-0.39, 0.29) is 24.8 Å². The molecule has 0 radical (unpaired) electrons. The SMILES string of the molecule is BrB(Br)Br.CC(C)(C)[Si](C)(C)Cl.CC(C)(C)c1cc(N)n(-c2ccc(O)cc2)n1.CC(C)(C)c1cc(N)n(-c2ccc(O[Si](C)(C)C(C)(C)C)cc2)n1. The Morgan fingerprint density at radius 2 is 0.943 bits per heavy atom. The highest BCUT2D eigenvalue weighted by Crippen LogP contribution is 2.39. The molecule has 2 aromatic heterocycles. The molecular formula is C38H63BBr3ClN6O2Si2. The van der Waals surface area contributed by atoms with Crippen molar-refractivity contribution in [3.05, 3.63) is 72.1 Å². The number of phenols is 1. The van der Waals surface area contributed by atoms with Crippen LogP contribution >= 0.6 is 58.3 Å². The van der Waals surface area contributed by atoms with Gasteiger partial charge in [0.1, 0.15) is 23.1 Å². The molecule has 53 heavy (non-hydrogen) atoms. The molecule has 0 saturated carbocycles. The van der Waals surface area contributed by atoms with Gasteiger partial charge in [-0.15, -0.1) is 47.3 Å². The number of hydrogen-bond donors (Lipinski definition) is 3. The predicted molar refractivity (Wildman–Crippen MR) is 248 cm³/mol. The number of aromatic hydroxyl groups is 1. The van der Waals surface area contributed by atoms with Crippen molar-refractivity contribution in [2.45, 2.75) is 130 Å². The minimum absolute atomic E-state index is 0.0231. The number of halogens is 4. The lowest BCUT2D eigenvalue weighted by atomic mass is 9.92. The highest BCUT2D eigenvalue weighted by Gasteiger charge is 2.39. The molecule has 2 aromatic carbocycles. The van der Waals surface area contributed by atoms with Crippen molar-refractivity contribution in [3.63, 3.8) is 0 Å². The standard InChI is InChI=1S/C19H31N3OSi.C13H17N3O.C6H15ClSi.BBr3/c1-18(2,3)16-13-17(20)22(21-16)14-9-11-15(12-10-14)23-24(7,8)19(4,5)6;1-13(2,3)11-8-12(14)16(15-11)9-4-6-10(17)7-5-9;1-6(2,3)8(4,5)7;2-1(3)4/h9-13H,20H2,1-8H3;4-8,17H,14H2,1-3H3;1-5H3;. The Hall–Kier alpha value is -1.71. The van der Waals surface area contributed by atoms with Crippen molar-refractivity contribution < 1.29 is 9.53 Å². The minimum atomic E-state index is -1.82. The van der Waals surface area contributed by atoms with Gasteiger partial charge < -0.3 is 21.0 Å². The molecule has 15 heteroatoms. The van der Waals surface area contributed by atoms with Crippen LogP contribution in [0.2, 0.25) is 36.3 Å². The van der Waals surface area contributed by atoms with Crippen molar-refractivity contribution in [3.8, 4) is 22.9 Å². The zero-order valence-corrected chi connectivity index (χ0v) is 42.2. The van der Waals surface area contributed by atoms with E-state index in [9.17, 15) is 5.11 Å². The highest BCUT2D eigenvalue weighted by molar-refractivity contribution is 9.69. The van der Waals surface area contributed by atoms with E-state index in [2.05, 4.69) is 167 Å². The van der Waals surface area contributed by atoms with Crippen LogP contribution in [0.5, 0.6) is 11.5 Å². The lowest BCUT2D eigenvalue weighted by Crippen LogP contribution is -2.43. The van der Waals surface area contributed by atoms with E-state index in [1.165, 1.54) is 0 Å². The zero-order valence-electron chi connectivity index (χ0n) is 34.7. The Bertz CT molecular complexity index is 1700. The van der Waals surface area contributed by atoms with E-state index in [1.807, 2.05) is 36.4 Å². The fourth-order valence-corrected chi connectivity index (χ4v) is 4.67. The third-order valence-electron chi connectivity index (χ3n) is 9.15. The summed E-state index contributed by atoms with van der Waals surface area (Å²) in [4.78, 5) is 0. The topological polar surface area (TPSA) is 117 Å². The quantitative estimate of drug-likeness (QED) is 0.139. The summed E-state index contributed by atoms with van der Waals surface area (Å²) >= 11 is 15.5. The van der Waals surface area contributed by atoms with E-state index in [1.54, 1.807) is 33.6 Å². The van der Waals surface area contributed by atoms with Crippen molar-refractivity contribution in [1.29, 1.82) is 0 Å². The molecule has 0 aliphatic heterocycles. The van der Waals surface area contributed by atoms with Crippen LogP contribution < -0.4 is 15.9 Å². The molecule has 0 atom stereocenters. The van der Waals surface area contributed by atoms with E-state index >= 15 is 0 Å². The molecule has 8 nitrogen and oxygen atoms in total. The fraction of sp³-hybridized carbons (Fsp3) is 0.526. The number of rotatable bonds is 4. The second-order valence-electron chi connectivity index (χ2n) is 18.1. The van der Waals surface area contributed by atoms with Crippen LogP contribution in [-0.4, -0.2) is 43.6 Å². The van der Waals surface area contributed by atoms with Crippen LogP contribution in [-0.2, 0) is 10.8 Å². The van der Waals surface area contributed by atoms with Crippen LogP contribution in [0.15, 0.2) is 60.7 Å². The zero-order chi connectivity index (χ0) is 41.5. The summed E-state index contributed by atoms with van der Waals surface area (Å²) in [5, 5.41) is 18.9. The Morgan fingerprint density at radius 1 is 0.642 bits per heavy atom. The van der Waals surface area contributed by atoms with E-state index < -0.39 is 15.7 Å². The Labute approximate surface area is 352 Å². The van der Waals surface area contributed by atoms with Gasteiger partial charge in [0.2, 0.25) is 8.32 Å². The maximum atomic E-state index is 9.25. The molecule has 0 fully saturated rings. The number of anilines is 2. The maximum absolute atomic E-state index is 9.25. The number of hydrogen-bond acceptors (Lipinski definition) is 6. The summed E-state index contributed by atoms with van der Waals surface area (Å²) in [5.74, 6) is 2.39. The van der Waals surface area contributed by atoms with Gasteiger partial charge in [-0.05, 0) is 71.7 Å². The van der Waals surface area contributed by atoms with Gasteiger partial charge in [0.05, 0.1) is 22.8 Å². The molecule has 0 amide bonds.